The number of nitrogens with zero attached hydrogens (tertiary/aromatic N) is 2. The van der Waals surface area contributed by atoms with E-state index in [2.05, 4.69) is 25.3 Å². The van der Waals surface area contributed by atoms with E-state index < -0.39 is 17.3 Å². The van der Waals surface area contributed by atoms with Gasteiger partial charge in [0.2, 0.25) is 5.91 Å². The van der Waals surface area contributed by atoms with Crippen LogP contribution in [0.1, 0.15) is 30.9 Å². The summed E-state index contributed by atoms with van der Waals surface area (Å²) < 4.78 is 0. The molecule has 0 radical (unpaired) electrons. The molecular formula is C24H26N6O3. The highest BCUT2D eigenvalue weighted by atomic mass is 16.2. The third-order valence-corrected chi connectivity index (χ3v) is 4.16. The number of carbonyl (C=O) groups is 1. The SMILES string of the molecule is CC.Nc1ccnc(=O)[nH]1.O=C(Nc1ccnc(=O)[nH]1)C(c1ccccc1)c1ccccc1. The Balaban J connectivity index is 0.000000323. The normalized spacial score (nSPS) is 9.67. The van der Waals surface area contributed by atoms with Gasteiger partial charge in [-0.05, 0) is 23.3 Å². The van der Waals surface area contributed by atoms with Crippen LogP contribution in [0.5, 0.6) is 0 Å². The van der Waals surface area contributed by atoms with E-state index in [9.17, 15) is 14.4 Å². The smallest absolute Gasteiger partial charge is 0.346 e. The van der Waals surface area contributed by atoms with Crippen LogP contribution < -0.4 is 22.4 Å². The molecule has 0 spiro atoms. The molecule has 5 N–H and O–H groups in total. The number of aromatic amines is 2. The fourth-order valence-corrected chi connectivity index (χ4v) is 2.82. The summed E-state index contributed by atoms with van der Waals surface area (Å²) in [5.41, 5.74) is 6.01. The molecule has 2 aromatic carbocycles. The monoisotopic (exact) mass is 446 g/mol. The third kappa shape index (κ3) is 7.91. The average molecular weight is 447 g/mol. The van der Waals surface area contributed by atoms with Gasteiger partial charge in [-0.2, -0.15) is 0 Å². The van der Waals surface area contributed by atoms with Crippen molar-refractivity contribution in [3.05, 3.63) is 117 Å². The van der Waals surface area contributed by atoms with E-state index in [-0.39, 0.29) is 5.91 Å². The van der Waals surface area contributed by atoms with E-state index >= 15 is 0 Å². The zero-order chi connectivity index (χ0) is 24.1. The van der Waals surface area contributed by atoms with Crippen molar-refractivity contribution in [1.29, 1.82) is 0 Å². The summed E-state index contributed by atoms with van der Waals surface area (Å²) in [5, 5.41) is 2.75. The minimum absolute atomic E-state index is 0.218. The molecule has 4 rings (SSSR count). The lowest BCUT2D eigenvalue weighted by atomic mass is 9.90. The highest BCUT2D eigenvalue weighted by Gasteiger charge is 2.22. The molecule has 0 saturated carbocycles. The molecule has 0 atom stereocenters. The molecule has 0 aliphatic rings. The maximum absolute atomic E-state index is 12.8. The fraction of sp³-hybridized carbons (Fsp3) is 0.125. The van der Waals surface area contributed by atoms with Crippen molar-refractivity contribution in [2.75, 3.05) is 11.1 Å². The molecule has 0 saturated heterocycles. The van der Waals surface area contributed by atoms with Crippen LogP contribution in [-0.2, 0) is 4.79 Å². The number of anilines is 2. The maximum Gasteiger partial charge on any atom is 0.346 e. The van der Waals surface area contributed by atoms with E-state index in [0.717, 1.165) is 11.1 Å². The lowest BCUT2D eigenvalue weighted by Gasteiger charge is -2.17. The molecule has 0 bridgehead atoms. The number of nitrogens with two attached hydrogens (primary N) is 1. The number of benzene rings is 2. The number of aromatic nitrogens is 4. The summed E-state index contributed by atoms with van der Waals surface area (Å²) in [7, 11) is 0. The minimum Gasteiger partial charge on any atom is -0.385 e. The van der Waals surface area contributed by atoms with Crippen LogP contribution in [0.4, 0.5) is 11.6 Å². The van der Waals surface area contributed by atoms with Crippen molar-refractivity contribution >= 4 is 17.5 Å². The van der Waals surface area contributed by atoms with Crippen LogP contribution in [0.2, 0.25) is 0 Å². The molecule has 0 fully saturated rings. The van der Waals surface area contributed by atoms with E-state index in [1.165, 1.54) is 18.5 Å². The molecule has 0 unspecified atom stereocenters. The van der Waals surface area contributed by atoms with Crippen LogP contribution in [0, 0.1) is 0 Å². The van der Waals surface area contributed by atoms with E-state index in [1.54, 1.807) is 6.07 Å². The first-order valence-electron chi connectivity index (χ1n) is 10.3. The number of nitrogen functional groups attached to an aromatic ring is 1. The predicted molar refractivity (Wildman–Crippen MR) is 129 cm³/mol. The number of hydrogen-bond donors (Lipinski definition) is 4. The van der Waals surface area contributed by atoms with E-state index in [1.807, 2.05) is 74.5 Å². The Hall–Kier alpha value is -4.53. The summed E-state index contributed by atoms with van der Waals surface area (Å²) in [6.07, 6.45) is 2.71. The Labute approximate surface area is 190 Å². The minimum atomic E-state index is -0.501. The number of nitrogens with one attached hydrogen (secondary N) is 3. The Kier molecular flexibility index (Phi) is 9.75. The Morgan fingerprint density at radius 2 is 1.27 bits per heavy atom. The first-order valence-corrected chi connectivity index (χ1v) is 10.3. The van der Waals surface area contributed by atoms with Crippen molar-refractivity contribution in [3.8, 4) is 0 Å². The molecule has 170 valence electrons. The van der Waals surface area contributed by atoms with Gasteiger partial charge in [0, 0.05) is 12.4 Å². The Morgan fingerprint density at radius 1 is 0.788 bits per heavy atom. The summed E-state index contributed by atoms with van der Waals surface area (Å²) in [4.78, 5) is 46.0. The topological polar surface area (TPSA) is 147 Å². The van der Waals surface area contributed by atoms with Gasteiger partial charge in [0.25, 0.3) is 0 Å². The average Bonchev–Trinajstić information content (AvgIpc) is 2.82. The lowest BCUT2D eigenvalue weighted by molar-refractivity contribution is -0.116. The highest BCUT2D eigenvalue weighted by molar-refractivity contribution is 5.97. The van der Waals surface area contributed by atoms with E-state index in [4.69, 9.17) is 5.73 Å². The van der Waals surface area contributed by atoms with Crippen LogP contribution in [-0.4, -0.2) is 25.8 Å². The standard InChI is InChI=1S/C18H15N3O2.C4H5N3O.C2H6/c22-17(20-15-11-12-19-18(23)21-15)16(13-7-3-1-4-8-13)14-9-5-2-6-10-14;5-3-1-2-6-4(8)7-3;1-2/h1-12,16H,(H2,19,20,21,22,23);1-2H,(H3,5,6,7,8);1-2H3. The van der Waals surface area contributed by atoms with Gasteiger partial charge in [0.1, 0.15) is 11.6 Å². The summed E-state index contributed by atoms with van der Waals surface area (Å²) in [6.45, 7) is 4.00. The van der Waals surface area contributed by atoms with Crippen molar-refractivity contribution in [2.45, 2.75) is 19.8 Å². The molecule has 2 heterocycles. The first kappa shape index (κ1) is 24.7. The Bertz CT molecular complexity index is 1200. The van der Waals surface area contributed by atoms with Gasteiger partial charge in [0.05, 0.1) is 5.92 Å². The second kappa shape index (κ2) is 13.0. The molecular weight excluding hydrogens is 420 g/mol. The number of amides is 1. The zero-order valence-corrected chi connectivity index (χ0v) is 18.4. The molecule has 4 aromatic rings. The van der Waals surface area contributed by atoms with Gasteiger partial charge in [-0.1, -0.05) is 74.5 Å². The number of hydrogen-bond acceptors (Lipinski definition) is 6. The number of carbonyl (C=O) groups excluding carboxylic acids is 1. The largest absolute Gasteiger partial charge is 0.385 e. The quantitative estimate of drug-likeness (QED) is 0.379. The molecule has 33 heavy (non-hydrogen) atoms. The molecule has 0 aliphatic heterocycles. The zero-order valence-electron chi connectivity index (χ0n) is 18.4. The summed E-state index contributed by atoms with van der Waals surface area (Å²) in [6, 6.07) is 22.1. The second-order valence-electron chi connectivity index (χ2n) is 6.36. The lowest BCUT2D eigenvalue weighted by Crippen LogP contribution is -2.24. The van der Waals surface area contributed by atoms with Gasteiger partial charge >= 0.3 is 11.4 Å². The third-order valence-electron chi connectivity index (χ3n) is 4.16. The fourth-order valence-electron chi connectivity index (χ4n) is 2.82. The summed E-state index contributed by atoms with van der Waals surface area (Å²) >= 11 is 0. The molecule has 1 amide bonds. The van der Waals surface area contributed by atoms with Gasteiger partial charge < -0.3 is 11.1 Å². The number of H-pyrrole nitrogens is 2. The van der Waals surface area contributed by atoms with Crippen molar-refractivity contribution in [1.82, 2.24) is 19.9 Å². The highest BCUT2D eigenvalue weighted by Crippen LogP contribution is 2.25. The van der Waals surface area contributed by atoms with Gasteiger partial charge in [-0.25, -0.2) is 19.6 Å². The van der Waals surface area contributed by atoms with Crippen LogP contribution in [0.15, 0.2) is 94.8 Å². The molecule has 2 aromatic heterocycles. The second-order valence-corrected chi connectivity index (χ2v) is 6.36. The number of rotatable bonds is 4. The van der Waals surface area contributed by atoms with Crippen LogP contribution in [0.3, 0.4) is 0 Å². The maximum atomic E-state index is 12.8. The van der Waals surface area contributed by atoms with Crippen molar-refractivity contribution in [2.24, 2.45) is 0 Å². The first-order chi connectivity index (χ1) is 16.0. The van der Waals surface area contributed by atoms with Crippen molar-refractivity contribution < 1.29 is 4.79 Å². The molecule has 0 aliphatic carbocycles. The van der Waals surface area contributed by atoms with Crippen LogP contribution in [0.25, 0.3) is 0 Å². The van der Waals surface area contributed by atoms with Crippen LogP contribution >= 0.6 is 0 Å². The van der Waals surface area contributed by atoms with Gasteiger partial charge in [-0.3, -0.25) is 14.8 Å². The van der Waals surface area contributed by atoms with Gasteiger partial charge in [-0.15, -0.1) is 0 Å². The van der Waals surface area contributed by atoms with Gasteiger partial charge in [0.15, 0.2) is 0 Å². The predicted octanol–water partition coefficient (Wildman–Crippen LogP) is 2.92. The molecule has 9 nitrogen and oxygen atoms in total. The summed E-state index contributed by atoms with van der Waals surface area (Å²) in [5.74, 6) is -0.0184. The van der Waals surface area contributed by atoms with E-state index in [0.29, 0.717) is 11.6 Å². The molecule has 9 heteroatoms. The Morgan fingerprint density at radius 3 is 1.70 bits per heavy atom. The van der Waals surface area contributed by atoms with Crippen molar-refractivity contribution in [3.63, 3.8) is 0 Å².